The molecule has 0 saturated carbocycles. The molecule has 0 N–H and O–H groups in total. The molecule has 2 aromatic rings. The molecule has 0 radical (unpaired) electrons. The molecule has 2 nitrogen and oxygen atoms in total. The van der Waals surface area contributed by atoms with Crippen molar-refractivity contribution in [1.29, 1.82) is 0 Å². The van der Waals surface area contributed by atoms with E-state index in [2.05, 4.69) is 89.7 Å². The van der Waals surface area contributed by atoms with E-state index in [1.54, 1.807) is 19.1 Å². The molecule has 1 aliphatic heterocycles. The van der Waals surface area contributed by atoms with Crippen LogP contribution in [-0.4, -0.2) is 4.70 Å². The summed E-state index contributed by atoms with van der Waals surface area (Å²) >= 11 is 1.62. The molecular formula is C51H84N2Ni. The van der Waals surface area contributed by atoms with E-state index in [4.69, 9.17) is 0 Å². The minimum atomic E-state index is 1.04. The van der Waals surface area contributed by atoms with E-state index in [-0.39, 0.29) is 0 Å². The molecule has 0 aromatic heterocycles. The van der Waals surface area contributed by atoms with E-state index in [1.165, 1.54) is 179 Å². The summed E-state index contributed by atoms with van der Waals surface area (Å²) < 4.78 is 1.69. The summed E-state index contributed by atoms with van der Waals surface area (Å²) in [6, 6.07) is 14.7. The van der Waals surface area contributed by atoms with Gasteiger partial charge in [-0.3, -0.25) is 0 Å². The predicted molar refractivity (Wildman–Crippen MR) is 237 cm³/mol. The zero-order valence-electron chi connectivity index (χ0n) is 36.8. The van der Waals surface area contributed by atoms with Crippen molar-refractivity contribution in [3.05, 3.63) is 86.5 Å². The molecule has 0 atom stereocenters. The first-order chi connectivity index (χ1) is 26.4. The average molecular weight is 784 g/mol. The van der Waals surface area contributed by atoms with Gasteiger partial charge in [0.05, 0.1) is 0 Å². The predicted octanol–water partition coefficient (Wildman–Crippen LogP) is 17.3. The molecule has 3 heteroatoms. The zero-order chi connectivity index (χ0) is 39.4. The monoisotopic (exact) mass is 783 g/mol. The van der Waals surface area contributed by atoms with Gasteiger partial charge in [-0.05, 0) is 124 Å². The molecule has 0 amide bonds. The SMILES string of the molecule is CCCCCCCCC1=C(c2cc(CCCCCC)cc(CCCCCC)c2)[N+](=[N-])C(c2cc(CCCC)cc(CCCC)c2)=C1CCCCC.[CH3][Ni][CH3]. The molecule has 1 aliphatic rings. The second-order valence-electron chi connectivity index (χ2n) is 16.2. The van der Waals surface area contributed by atoms with E-state index in [9.17, 15) is 5.53 Å². The van der Waals surface area contributed by atoms with Gasteiger partial charge in [0.15, 0.2) is 0 Å². The van der Waals surface area contributed by atoms with Gasteiger partial charge in [0.1, 0.15) is 0 Å². The number of benzene rings is 2. The molecule has 0 aliphatic carbocycles. The molecule has 0 unspecified atom stereocenters. The molecule has 0 bridgehead atoms. The molecular weight excluding hydrogens is 699 g/mol. The van der Waals surface area contributed by atoms with Gasteiger partial charge in [-0.15, -0.1) is 0 Å². The van der Waals surface area contributed by atoms with Gasteiger partial charge < -0.3 is 5.53 Å². The van der Waals surface area contributed by atoms with Crippen molar-refractivity contribution in [2.24, 2.45) is 0 Å². The average Bonchev–Trinajstić information content (AvgIpc) is 3.45. The summed E-state index contributed by atoms with van der Waals surface area (Å²) in [5.74, 6) is 4.12. The van der Waals surface area contributed by atoms with Gasteiger partial charge in [-0.25, -0.2) is 4.70 Å². The Hall–Kier alpha value is -1.99. The third-order valence-corrected chi connectivity index (χ3v) is 11.1. The number of nitrogens with zero attached hydrogens (tertiary/aromatic N) is 2. The van der Waals surface area contributed by atoms with E-state index in [0.717, 1.165) is 49.9 Å². The van der Waals surface area contributed by atoms with Crippen LogP contribution in [0.3, 0.4) is 0 Å². The van der Waals surface area contributed by atoms with E-state index in [0.29, 0.717) is 0 Å². The number of rotatable bonds is 29. The molecule has 0 spiro atoms. The van der Waals surface area contributed by atoms with Gasteiger partial charge in [-0.2, -0.15) is 0 Å². The van der Waals surface area contributed by atoms with Crippen LogP contribution in [0.1, 0.15) is 223 Å². The van der Waals surface area contributed by atoms with Gasteiger partial charge in [0.25, 0.3) is 0 Å². The maximum absolute atomic E-state index is 12.7. The Morgan fingerprint density at radius 3 is 1.00 bits per heavy atom. The minimum absolute atomic E-state index is 1.04. The van der Waals surface area contributed by atoms with Gasteiger partial charge >= 0.3 is 26.2 Å². The molecule has 0 saturated heterocycles. The summed E-state index contributed by atoms with van der Waals surface area (Å²) in [5, 5.41) is 0. The fraction of sp³-hybridized carbons (Fsp3) is 0.686. The number of hydrogen-bond acceptors (Lipinski definition) is 0. The van der Waals surface area contributed by atoms with Gasteiger partial charge in [0.2, 0.25) is 11.4 Å². The molecule has 308 valence electrons. The number of allylic oxidation sites excluding steroid dienone is 2. The second kappa shape index (κ2) is 30.2. The Kier molecular flexibility index (Phi) is 26.9. The van der Waals surface area contributed by atoms with Crippen LogP contribution in [0.4, 0.5) is 0 Å². The fourth-order valence-electron chi connectivity index (χ4n) is 8.07. The standard InChI is InChI=1S/C49H78N2.2CH3.Ni/c1-7-13-19-22-23-27-33-47-46(32-24-16-10-4)48(44-36-40(28-17-11-5)34-41(37-44)29-18-12-6)51(50)49(47)45-38-42(30-25-20-14-8-2)35-43(39-45)31-26-21-15-9-3;;;/h34-39H,7-33H2,1-6H3;2*1H3;. The third kappa shape index (κ3) is 17.4. The van der Waals surface area contributed by atoms with Crippen LogP contribution in [0.25, 0.3) is 16.9 Å². The Labute approximate surface area is 342 Å². The van der Waals surface area contributed by atoms with Crippen molar-refractivity contribution in [3.8, 4) is 0 Å². The summed E-state index contributed by atoms with van der Waals surface area (Å²) in [6.45, 7) is 13.8. The Morgan fingerprint density at radius 1 is 0.370 bits per heavy atom. The van der Waals surface area contributed by atoms with E-state index < -0.39 is 0 Å². The quantitative estimate of drug-likeness (QED) is 0.0446. The first kappa shape index (κ1) is 48.2. The van der Waals surface area contributed by atoms with Crippen molar-refractivity contribution in [2.75, 3.05) is 0 Å². The molecule has 0 fully saturated rings. The molecule has 3 rings (SSSR count). The van der Waals surface area contributed by atoms with E-state index in [1.807, 2.05) is 0 Å². The van der Waals surface area contributed by atoms with Crippen LogP contribution in [0, 0.1) is 0 Å². The van der Waals surface area contributed by atoms with Crippen LogP contribution in [-0.2, 0) is 40.1 Å². The third-order valence-electron chi connectivity index (χ3n) is 11.1. The topological polar surface area (TPSA) is 25.3 Å². The van der Waals surface area contributed by atoms with E-state index >= 15 is 0 Å². The maximum atomic E-state index is 12.7. The Morgan fingerprint density at radius 2 is 0.630 bits per heavy atom. The Balaban J connectivity index is 0.00000325. The second-order valence-corrected chi connectivity index (χ2v) is 17.1. The fourth-order valence-corrected chi connectivity index (χ4v) is 8.07. The van der Waals surface area contributed by atoms with Crippen molar-refractivity contribution in [3.63, 3.8) is 0 Å². The van der Waals surface area contributed by atoms with Crippen LogP contribution in [0.5, 0.6) is 0 Å². The summed E-state index contributed by atoms with van der Waals surface area (Å²) in [7, 11) is 0. The van der Waals surface area contributed by atoms with Crippen LogP contribution in [0.15, 0.2) is 47.5 Å². The number of unbranched alkanes of at least 4 members (excludes halogenated alkanes) is 15. The Bertz CT molecular complexity index is 1330. The summed E-state index contributed by atoms with van der Waals surface area (Å²) in [5.41, 5.74) is 25.9. The van der Waals surface area contributed by atoms with Crippen LogP contribution < -0.4 is 0 Å². The van der Waals surface area contributed by atoms with Crippen molar-refractivity contribution >= 4 is 11.4 Å². The zero-order valence-corrected chi connectivity index (χ0v) is 37.8. The molecule has 1 heterocycles. The first-order valence-corrected chi connectivity index (χ1v) is 24.8. The van der Waals surface area contributed by atoms with Gasteiger partial charge in [0, 0.05) is 22.3 Å². The molecule has 54 heavy (non-hydrogen) atoms. The number of hydrogen-bond donors (Lipinski definition) is 0. The van der Waals surface area contributed by atoms with Crippen molar-refractivity contribution in [1.82, 2.24) is 0 Å². The summed E-state index contributed by atoms with van der Waals surface area (Å²) in [4.78, 5) is 0. The van der Waals surface area contributed by atoms with Crippen LogP contribution in [0.2, 0.25) is 11.8 Å². The van der Waals surface area contributed by atoms with Gasteiger partial charge in [-0.1, -0.05) is 150 Å². The normalized spacial score (nSPS) is 13.0. The van der Waals surface area contributed by atoms with Crippen LogP contribution >= 0.6 is 0 Å². The van der Waals surface area contributed by atoms with Crippen molar-refractivity contribution in [2.45, 2.75) is 227 Å². The first-order valence-electron chi connectivity index (χ1n) is 22.9. The molecule has 2 aromatic carbocycles. The van der Waals surface area contributed by atoms with Crippen molar-refractivity contribution < 1.29 is 19.1 Å². The summed E-state index contributed by atoms with van der Waals surface area (Å²) in [6.07, 6.45) is 33.0. The number of aryl methyl sites for hydroxylation is 4.